The number of benzene rings is 1. The van der Waals surface area contributed by atoms with Gasteiger partial charge in [0.1, 0.15) is 0 Å². The molecule has 0 spiro atoms. The molecular formula is C23H22AsFN6O. The summed E-state index contributed by atoms with van der Waals surface area (Å²) in [6.07, 6.45) is 7.45. The number of fused-ring (bicyclic) bond motifs is 2. The molecule has 0 aliphatic rings. The van der Waals surface area contributed by atoms with Crippen LogP contribution in [0.25, 0.3) is 33.5 Å². The third kappa shape index (κ3) is 3.92. The van der Waals surface area contributed by atoms with Crippen LogP contribution in [-0.2, 0) is 6.42 Å². The summed E-state index contributed by atoms with van der Waals surface area (Å²) in [5, 5.41) is 11.9. The van der Waals surface area contributed by atoms with Crippen molar-refractivity contribution in [3.63, 3.8) is 0 Å². The molecule has 0 aliphatic carbocycles. The van der Waals surface area contributed by atoms with Crippen LogP contribution in [0.15, 0.2) is 55.2 Å². The molecule has 0 saturated carbocycles. The number of rotatable bonds is 7. The Morgan fingerprint density at radius 1 is 1.22 bits per heavy atom. The number of hydrogen-bond acceptors (Lipinski definition) is 5. The number of aryl methyl sites for hydroxylation is 1. The van der Waals surface area contributed by atoms with E-state index in [0.29, 0.717) is 17.0 Å². The van der Waals surface area contributed by atoms with Gasteiger partial charge in [-0.05, 0) is 0 Å². The molecule has 5 aromatic rings. The molecule has 1 unspecified atom stereocenters. The zero-order chi connectivity index (χ0) is 22.1. The van der Waals surface area contributed by atoms with Crippen molar-refractivity contribution >= 4 is 42.3 Å². The van der Waals surface area contributed by atoms with E-state index in [-0.39, 0.29) is 12.6 Å². The predicted molar refractivity (Wildman–Crippen MR) is 124 cm³/mol. The molecule has 2 N–H and O–H groups in total. The monoisotopic (exact) mass is 492 g/mol. The van der Waals surface area contributed by atoms with Gasteiger partial charge in [-0.15, -0.1) is 0 Å². The fraction of sp³-hybridized carbons (Fsp3) is 0.217. The van der Waals surface area contributed by atoms with Gasteiger partial charge in [0.05, 0.1) is 0 Å². The number of imidazole rings is 1. The number of nitrogens with zero attached hydrogens (tertiary/aromatic N) is 5. The van der Waals surface area contributed by atoms with Crippen molar-refractivity contribution in [2.75, 3.05) is 6.61 Å². The van der Waals surface area contributed by atoms with Crippen LogP contribution in [-0.4, -0.2) is 57.0 Å². The number of aromatic nitrogens is 6. The summed E-state index contributed by atoms with van der Waals surface area (Å²) < 4.78 is 16.6. The van der Waals surface area contributed by atoms with Crippen molar-refractivity contribution in [1.82, 2.24) is 29.5 Å². The van der Waals surface area contributed by atoms with E-state index in [0.717, 1.165) is 33.3 Å². The molecule has 4 heterocycles. The van der Waals surface area contributed by atoms with Crippen LogP contribution in [0.2, 0.25) is 5.21 Å². The molecule has 0 fully saturated rings. The van der Waals surface area contributed by atoms with Crippen LogP contribution >= 0.6 is 0 Å². The second kappa shape index (κ2) is 8.80. The molecule has 5 rings (SSSR count). The summed E-state index contributed by atoms with van der Waals surface area (Å²) in [4.78, 5) is 21.3. The van der Waals surface area contributed by atoms with Gasteiger partial charge < -0.3 is 0 Å². The molecule has 2 atom stereocenters. The van der Waals surface area contributed by atoms with Crippen molar-refractivity contribution in [3.8, 4) is 11.4 Å². The Bertz CT molecular complexity index is 1400. The van der Waals surface area contributed by atoms with E-state index in [1.54, 1.807) is 12.5 Å². The number of hydrogen-bond donors (Lipinski definition) is 2. The quantitative estimate of drug-likeness (QED) is 0.341. The number of pyridine rings is 1. The third-order valence-corrected chi connectivity index (χ3v) is 7.97. The van der Waals surface area contributed by atoms with Crippen molar-refractivity contribution in [2.24, 2.45) is 0 Å². The van der Waals surface area contributed by atoms with Gasteiger partial charge in [0, 0.05) is 0 Å². The fourth-order valence-corrected chi connectivity index (χ4v) is 6.20. The van der Waals surface area contributed by atoms with Crippen LogP contribution in [0.4, 0.5) is 4.39 Å². The molecule has 32 heavy (non-hydrogen) atoms. The molecule has 0 amide bonds. The van der Waals surface area contributed by atoms with Gasteiger partial charge in [-0.1, -0.05) is 0 Å². The Hall–Kier alpha value is -3.09. The maximum absolute atomic E-state index is 13.8. The standard InChI is InChI=1S/C23H22AsFN6O/c1-14(12-32)31-13-28-20-21(24-7-6-15-10-27-19-5-3-2-4-18(15)19)29-22(30-23(20)31)16-8-17(25)11-26-9-16/h2-5,8-11,13-14,24,27,32H,6-7,12H2,1H3/t14-/m0/s1. The van der Waals surface area contributed by atoms with Crippen molar-refractivity contribution in [1.29, 1.82) is 0 Å². The van der Waals surface area contributed by atoms with Crippen LogP contribution < -0.4 is 4.48 Å². The Kier molecular flexibility index (Phi) is 5.72. The molecular weight excluding hydrogens is 470 g/mol. The first kappa shape index (κ1) is 20.8. The first-order valence-electron chi connectivity index (χ1n) is 10.4. The zero-order valence-electron chi connectivity index (χ0n) is 17.5. The van der Waals surface area contributed by atoms with Gasteiger partial charge in [0.2, 0.25) is 0 Å². The maximum atomic E-state index is 13.8. The average molecular weight is 492 g/mol. The summed E-state index contributed by atoms with van der Waals surface area (Å²) >= 11 is -0.644. The second-order valence-corrected chi connectivity index (χ2v) is 10.5. The third-order valence-electron chi connectivity index (χ3n) is 5.49. The van der Waals surface area contributed by atoms with E-state index in [9.17, 15) is 9.50 Å². The van der Waals surface area contributed by atoms with Crippen LogP contribution in [0.1, 0.15) is 18.5 Å². The van der Waals surface area contributed by atoms with E-state index in [4.69, 9.17) is 4.98 Å². The number of halogens is 1. The minimum atomic E-state index is -0.644. The van der Waals surface area contributed by atoms with E-state index in [2.05, 4.69) is 44.3 Å². The Morgan fingerprint density at radius 3 is 2.94 bits per heavy atom. The summed E-state index contributed by atoms with van der Waals surface area (Å²) in [5.74, 6) is 0.00238. The molecule has 0 saturated heterocycles. The number of aliphatic hydroxyl groups excluding tert-OH is 1. The Labute approximate surface area is 190 Å². The van der Waals surface area contributed by atoms with Gasteiger partial charge in [-0.3, -0.25) is 0 Å². The Balaban J connectivity index is 1.50. The summed E-state index contributed by atoms with van der Waals surface area (Å²) in [6, 6.07) is 9.51. The molecule has 0 aliphatic heterocycles. The van der Waals surface area contributed by atoms with E-state index < -0.39 is 21.6 Å². The normalized spacial score (nSPS) is 13.0. The summed E-state index contributed by atoms with van der Waals surface area (Å²) in [7, 11) is 0. The first-order chi connectivity index (χ1) is 15.6. The number of aromatic amines is 1. The predicted octanol–water partition coefficient (Wildman–Crippen LogP) is 2.78. The van der Waals surface area contributed by atoms with Crippen LogP contribution in [0.3, 0.4) is 0 Å². The van der Waals surface area contributed by atoms with E-state index >= 15 is 0 Å². The minimum absolute atomic E-state index is 0.0293. The Morgan fingerprint density at radius 2 is 2.09 bits per heavy atom. The van der Waals surface area contributed by atoms with Crippen molar-refractivity contribution in [3.05, 3.63) is 66.6 Å². The fourth-order valence-electron chi connectivity index (χ4n) is 3.77. The molecule has 0 bridgehead atoms. The van der Waals surface area contributed by atoms with Crippen molar-refractivity contribution in [2.45, 2.75) is 24.6 Å². The summed E-state index contributed by atoms with van der Waals surface area (Å²) in [6.45, 7) is 1.87. The average Bonchev–Trinajstić information content (AvgIpc) is 3.43. The topological polar surface area (TPSA) is 92.5 Å². The SMILES string of the molecule is C[C@@H](CO)n1cnc2c([AsH]CCc3c[nH]c4ccccc34)nc(-c3cncc(F)c3)nc21. The molecule has 0 radical (unpaired) electrons. The second-order valence-electron chi connectivity index (χ2n) is 7.68. The van der Waals surface area contributed by atoms with Crippen LogP contribution in [0.5, 0.6) is 0 Å². The van der Waals surface area contributed by atoms with Gasteiger partial charge >= 0.3 is 191 Å². The molecule has 9 heteroatoms. The van der Waals surface area contributed by atoms with Gasteiger partial charge in [0.25, 0.3) is 0 Å². The summed E-state index contributed by atoms with van der Waals surface area (Å²) in [5.41, 5.74) is 4.39. The van der Waals surface area contributed by atoms with E-state index in [1.807, 2.05) is 17.6 Å². The number of para-hydroxylation sites is 1. The first-order valence-corrected chi connectivity index (χ1v) is 12.9. The number of H-pyrrole nitrogens is 1. The van der Waals surface area contributed by atoms with Crippen LogP contribution in [0, 0.1) is 5.82 Å². The molecule has 162 valence electrons. The molecule has 4 aromatic heterocycles. The van der Waals surface area contributed by atoms with Crippen molar-refractivity contribution < 1.29 is 9.50 Å². The molecule has 7 nitrogen and oxygen atoms in total. The zero-order valence-corrected chi connectivity index (χ0v) is 19.6. The van der Waals surface area contributed by atoms with Gasteiger partial charge in [-0.25, -0.2) is 0 Å². The van der Waals surface area contributed by atoms with E-state index in [1.165, 1.54) is 17.0 Å². The number of aliphatic hydroxyl groups is 1. The molecule has 1 aromatic carbocycles. The van der Waals surface area contributed by atoms with Gasteiger partial charge in [-0.2, -0.15) is 0 Å². The van der Waals surface area contributed by atoms with Gasteiger partial charge in [0.15, 0.2) is 0 Å². The number of nitrogens with one attached hydrogen (secondary N) is 1.